The van der Waals surface area contributed by atoms with E-state index in [1.807, 2.05) is 20.8 Å². The molecule has 0 spiro atoms. The Morgan fingerprint density at radius 3 is 2.05 bits per heavy atom. The molecular formula is C15H29N3O2S. The summed E-state index contributed by atoms with van der Waals surface area (Å²) in [4.78, 5) is 26.5. The number of amides is 2. The third-order valence-electron chi connectivity index (χ3n) is 3.83. The molecule has 0 saturated carbocycles. The summed E-state index contributed by atoms with van der Waals surface area (Å²) in [7, 11) is 1.71. The van der Waals surface area contributed by atoms with Crippen LogP contribution in [0.2, 0.25) is 0 Å². The first kappa shape index (κ1) is 19.8. The Kier molecular flexibility index (Phi) is 8.47. The smallest absolute Gasteiger partial charge is 0.244 e. The molecule has 5 nitrogen and oxygen atoms in total. The van der Waals surface area contributed by atoms with Crippen molar-refractivity contribution in [1.82, 2.24) is 10.2 Å². The third kappa shape index (κ3) is 4.95. The molecule has 122 valence electrons. The number of hydrogen-bond donors (Lipinski definition) is 2. The van der Waals surface area contributed by atoms with Crippen LogP contribution >= 0.6 is 12.2 Å². The fraction of sp³-hybridized carbons (Fsp3) is 0.800. The average Bonchev–Trinajstić information content (AvgIpc) is 2.44. The molecule has 0 radical (unpaired) electrons. The molecule has 2 amide bonds. The van der Waals surface area contributed by atoms with Gasteiger partial charge in [-0.25, -0.2) is 0 Å². The number of nitrogens with two attached hydrogens (primary N) is 1. The molecule has 6 heteroatoms. The van der Waals surface area contributed by atoms with E-state index in [4.69, 9.17) is 18.0 Å². The zero-order valence-electron chi connectivity index (χ0n) is 13.9. The molecular weight excluding hydrogens is 286 g/mol. The van der Waals surface area contributed by atoms with Crippen LogP contribution in [-0.4, -0.2) is 41.3 Å². The van der Waals surface area contributed by atoms with Gasteiger partial charge in [-0.1, -0.05) is 38.9 Å². The van der Waals surface area contributed by atoms with Crippen molar-refractivity contribution in [2.75, 3.05) is 13.6 Å². The number of likely N-dealkylation sites (N-methyl/N-ethyl adjacent to an activating group) is 1. The molecule has 1 unspecified atom stereocenters. The maximum absolute atomic E-state index is 12.7. The summed E-state index contributed by atoms with van der Waals surface area (Å²) in [6, 6.07) is -0.579. The van der Waals surface area contributed by atoms with Gasteiger partial charge in [0.15, 0.2) is 0 Å². The summed E-state index contributed by atoms with van der Waals surface area (Å²) in [5.41, 5.74) is 5.01. The maximum Gasteiger partial charge on any atom is 0.244 e. The predicted octanol–water partition coefficient (Wildman–Crippen LogP) is 1.84. The molecule has 0 aliphatic rings. The molecule has 0 bridgehead atoms. The van der Waals surface area contributed by atoms with Crippen LogP contribution in [0.5, 0.6) is 0 Å². The number of nitrogens with zero attached hydrogens (tertiary/aromatic N) is 1. The molecule has 0 aromatic rings. The molecule has 0 rings (SSSR count). The zero-order valence-corrected chi connectivity index (χ0v) is 14.7. The van der Waals surface area contributed by atoms with E-state index in [1.54, 1.807) is 18.9 Å². The minimum atomic E-state index is -0.849. The van der Waals surface area contributed by atoms with E-state index in [9.17, 15) is 9.59 Å². The van der Waals surface area contributed by atoms with Gasteiger partial charge in [0.1, 0.15) is 6.04 Å². The Labute approximate surface area is 133 Å². The Morgan fingerprint density at radius 1 is 1.24 bits per heavy atom. The van der Waals surface area contributed by atoms with E-state index in [1.165, 1.54) is 0 Å². The van der Waals surface area contributed by atoms with Gasteiger partial charge in [-0.15, -0.1) is 0 Å². The Balaban J connectivity index is 5.14. The number of hydrogen-bond acceptors (Lipinski definition) is 3. The lowest BCUT2D eigenvalue weighted by molar-refractivity contribution is -0.137. The minimum Gasteiger partial charge on any atom is -0.392 e. The van der Waals surface area contributed by atoms with Crippen molar-refractivity contribution >= 4 is 29.0 Å². The highest BCUT2D eigenvalue weighted by molar-refractivity contribution is 7.80. The van der Waals surface area contributed by atoms with E-state index in [-0.39, 0.29) is 16.8 Å². The van der Waals surface area contributed by atoms with Crippen LogP contribution in [-0.2, 0) is 9.59 Å². The van der Waals surface area contributed by atoms with Gasteiger partial charge in [-0.2, -0.15) is 0 Å². The Hall–Kier alpha value is -1.17. The number of carbonyl (C=O) groups excluding carboxylic acids is 2. The lowest BCUT2D eigenvalue weighted by Gasteiger charge is -2.32. The van der Waals surface area contributed by atoms with Crippen molar-refractivity contribution in [3.8, 4) is 0 Å². The van der Waals surface area contributed by atoms with Gasteiger partial charge < -0.3 is 16.0 Å². The first-order valence-corrected chi connectivity index (χ1v) is 8.03. The molecule has 0 aliphatic carbocycles. The monoisotopic (exact) mass is 315 g/mol. The van der Waals surface area contributed by atoms with E-state index in [2.05, 4.69) is 5.32 Å². The quantitative estimate of drug-likeness (QED) is 0.637. The number of nitrogens with one attached hydrogen (secondary N) is 1. The molecule has 0 heterocycles. The van der Waals surface area contributed by atoms with Crippen molar-refractivity contribution in [1.29, 1.82) is 0 Å². The van der Waals surface area contributed by atoms with Crippen molar-refractivity contribution in [2.45, 2.75) is 59.4 Å². The van der Waals surface area contributed by atoms with Crippen molar-refractivity contribution in [3.63, 3.8) is 0 Å². The second-order valence-electron chi connectivity index (χ2n) is 5.49. The summed E-state index contributed by atoms with van der Waals surface area (Å²) in [5, 5.41) is 2.79. The van der Waals surface area contributed by atoms with Crippen LogP contribution < -0.4 is 11.1 Å². The maximum atomic E-state index is 12.7. The Bertz CT molecular complexity index is 379. The molecule has 21 heavy (non-hydrogen) atoms. The highest BCUT2D eigenvalue weighted by atomic mass is 32.1. The molecule has 0 saturated heterocycles. The predicted molar refractivity (Wildman–Crippen MR) is 90.0 cm³/mol. The van der Waals surface area contributed by atoms with E-state index in [0.29, 0.717) is 19.4 Å². The van der Waals surface area contributed by atoms with Crippen molar-refractivity contribution in [3.05, 3.63) is 0 Å². The summed E-state index contributed by atoms with van der Waals surface area (Å²) in [5.74, 6) is -0.347. The molecule has 0 aliphatic heterocycles. The van der Waals surface area contributed by atoms with Gasteiger partial charge in [0, 0.05) is 13.6 Å². The topological polar surface area (TPSA) is 75.4 Å². The molecule has 3 N–H and O–H groups in total. The fourth-order valence-corrected chi connectivity index (χ4v) is 2.74. The third-order valence-corrected chi connectivity index (χ3v) is 4.22. The fourth-order valence-electron chi connectivity index (χ4n) is 2.45. The van der Waals surface area contributed by atoms with E-state index >= 15 is 0 Å². The largest absolute Gasteiger partial charge is 0.392 e. The van der Waals surface area contributed by atoms with Gasteiger partial charge in [0.25, 0.3) is 0 Å². The van der Waals surface area contributed by atoms with Gasteiger partial charge in [0.05, 0.1) is 10.4 Å². The lowest BCUT2D eigenvalue weighted by Crippen LogP contribution is -2.54. The van der Waals surface area contributed by atoms with E-state index < -0.39 is 11.5 Å². The lowest BCUT2D eigenvalue weighted by atomic mass is 9.78. The Morgan fingerprint density at radius 2 is 1.71 bits per heavy atom. The average molecular weight is 315 g/mol. The highest BCUT2D eigenvalue weighted by Crippen LogP contribution is 2.31. The second-order valence-corrected chi connectivity index (χ2v) is 5.93. The molecule has 0 fully saturated rings. The van der Waals surface area contributed by atoms with Crippen LogP contribution in [0.4, 0.5) is 0 Å². The van der Waals surface area contributed by atoms with Crippen molar-refractivity contribution in [2.24, 2.45) is 11.1 Å². The zero-order chi connectivity index (χ0) is 16.6. The first-order valence-electron chi connectivity index (χ1n) is 7.62. The van der Waals surface area contributed by atoms with Crippen LogP contribution in [0.3, 0.4) is 0 Å². The summed E-state index contributed by atoms with van der Waals surface area (Å²) >= 11 is 5.15. The normalized spacial score (nSPS) is 12.6. The SMILES string of the molecule is CCCC(CCC)(C(=O)NC(C)C(=O)N(C)CC)C(N)=S. The first-order chi connectivity index (χ1) is 9.76. The number of rotatable bonds is 9. The number of thiocarbonyl (C=S) groups is 1. The summed E-state index contributed by atoms with van der Waals surface area (Å²) in [6.07, 6.45) is 2.82. The summed E-state index contributed by atoms with van der Waals surface area (Å²) < 4.78 is 0. The van der Waals surface area contributed by atoms with Gasteiger partial charge >= 0.3 is 0 Å². The molecule has 0 aromatic carbocycles. The van der Waals surface area contributed by atoms with Gasteiger partial charge in [0.2, 0.25) is 11.8 Å². The molecule has 0 aromatic heterocycles. The van der Waals surface area contributed by atoms with Crippen LogP contribution in [0, 0.1) is 5.41 Å². The second kappa shape index (κ2) is 8.97. The van der Waals surface area contributed by atoms with Gasteiger partial charge in [-0.3, -0.25) is 9.59 Å². The van der Waals surface area contributed by atoms with Crippen LogP contribution in [0.1, 0.15) is 53.4 Å². The van der Waals surface area contributed by atoms with E-state index in [0.717, 1.165) is 12.8 Å². The van der Waals surface area contributed by atoms with Crippen LogP contribution in [0.25, 0.3) is 0 Å². The standard InChI is InChI=1S/C15H29N3O2S/c1-6-9-15(10-7-2,13(16)21)14(20)17-11(4)12(19)18(5)8-3/h11H,6-10H2,1-5H3,(H2,16,21)(H,17,20). The van der Waals surface area contributed by atoms with Crippen molar-refractivity contribution < 1.29 is 9.59 Å². The minimum absolute atomic E-state index is 0.115. The van der Waals surface area contributed by atoms with Crippen LogP contribution in [0.15, 0.2) is 0 Å². The number of carbonyl (C=O) groups is 2. The summed E-state index contributed by atoms with van der Waals surface area (Å²) in [6.45, 7) is 8.17. The molecule has 1 atom stereocenters. The van der Waals surface area contributed by atoms with Gasteiger partial charge in [-0.05, 0) is 26.7 Å². The highest BCUT2D eigenvalue weighted by Gasteiger charge is 2.40.